The lowest BCUT2D eigenvalue weighted by Crippen LogP contribution is -2.61. The molecule has 1 rings (SSSR count). The summed E-state index contributed by atoms with van der Waals surface area (Å²) in [6, 6.07) is 0. The van der Waals surface area contributed by atoms with Gasteiger partial charge in [0.2, 0.25) is 0 Å². The summed E-state index contributed by atoms with van der Waals surface area (Å²) in [7, 11) is 0. The summed E-state index contributed by atoms with van der Waals surface area (Å²) in [6.45, 7) is 5.84. The van der Waals surface area contributed by atoms with Gasteiger partial charge in [0.15, 0.2) is 24.6 Å². The van der Waals surface area contributed by atoms with Gasteiger partial charge in [-0.2, -0.15) is 0 Å². The molecule has 1 heterocycles. The summed E-state index contributed by atoms with van der Waals surface area (Å²) >= 11 is 0. The van der Waals surface area contributed by atoms with Crippen molar-refractivity contribution in [3.8, 4) is 0 Å². The molecule has 0 aromatic heterocycles. The number of hydrogen-bond donors (Lipinski definition) is 3. The van der Waals surface area contributed by atoms with E-state index in [1.165, 1.54) is 103 Å². The van der Waals surface area contributed by atoms with Gasteiger partial charge in [0.25, 0.3) is 0 Å². The minimum absolute atomic E-state index is 0.0194. The molecule has 0 saturated carbocycles. The van der Waals surface area contributed by atoms with Gasteiger partial charge in [0, 0.05) is 19.3 Å². The number of carbonyl (C=O) groups is 4. The van der Waals surface area contributed by atoms with Crippen LogP contribution in [0.3, 0.4) is 0 Å². The Morgan fingerprint density at radius 2 is 0.797 bits per heavy atom. The highest BCUT2D eigenvalue weighted by atomic mass is 16.7. The Hall–Kier alpha value is -4.10. The Kier molecular flexibility index (Phi) is 50.3. The van der Waals surface area contributed by atoms with Crippen LogP contribution in [0.5, 0.6) is 0 Å². The first-order chi connectivity index (χ1) is 38.6. The lowest BCUT2D eigenvalue weighted by Gasteiger charge is -2.40. The van der Waals surface area contributed by atoms with E-state index in [0.29, 0.717) is 19.3 Å². The number of hydrogen-bond acceptors (Lipinski definition) is 11. The zero-order chi connectivity index (χ0) is 57.5. The first kappa shape index (κ1) is 72.9. The number of aliphatic carboxylic acids is 1. The number of carboxylic acids is 1. The van der Waals surface area contributed by atoms with Crippen molar-refractivity contribution in [1.82, 2.24) is 0 Å². The SMILES string of the molecule is CC/C=C\C/C=C\C/C=C\C/C=C\C/C=C\CCCCCC(=O)OC1C(OCC(COC(=O)CCCCCCCCCCC/C=C\C/C=C\CCCCC)OC(=O)CCCCCCCCCCCCC)OC(C(=O)O)C(O)C1O. The molecule has 0 aliphatic carbocycles. The number of aliphatic hydroxyl groups is 2. The molecular weight excluding hydrogens is 997 g/mol. The zero-order valence-electron chi connectivity index (χ0n) is 49.8. The highest BCUT2D eigenvalue weighted by Gasteiger charge is 2.50. The van der Waals surface area contributed by atoms with Crippen molar-refractivity contribution < 1.29 is 58.2 Å². The van der Waals surface area contributed by atoms with Crippen LogP contribution >= 0.6 is 0 Å². The van der Waals surface area contributed by atoms with E-state index in [4.69, 9.17) is 23.7 Å². The van der Waals surface area contributed by atoms with E-state index in [1.54, 1.807) is 0 Å². The van der Waals surface area contributed by atoms with Crippen molar-refractivity contribution in [2.75, 3.05) is 13.2 Å². The van der Waals surface area contributed by atoms with Gasteiger partial charge in [-0.25, -0.2) is 4.79 Å². The molecule has 12 nitrogen and oxygen atoms in total. The van der Waals surface area contributed by atoms with Crippen molar-refractivity contribution in [3.63, 3.8) is 0 Å². The van der Waals surface area contributed by atoms with E-state index in [0.717, 1.165) is 103 Å². The van der Waals surface area contributed by atoms with E-state index < -0.39 is 67.3 Å². The predicted octanol–water partition coefficient (Wildman–Crippen LogP) is 16.7. The van der Waals surface area contributed by atoms with E-state index in [-0.39, 0.29) is 25.9 Å². The van der Waals surface area contributed by atoms with Crippen LogP contribution in [0.25, 0.3) is 0 Å². The summed E-state index contributed by atoms with van der Waals surface area (Å²) in [4.78, 5) is 51.2. The predicted molar refractivity (Wildman–Crippen MR) is 321 cm³/mol. The fourth-order valence-electron chi connectivity index (χ4n) is 9.13. The van der Waals surface area contributed by atoms with Gasteiger partial charge < -0.3 is 39.0 Å². The van der Waals surface area contributed by atoms with Gasteiger partial charge in [-0.15, -0.1) is 0 Å². The Labute approximate surface area is 480 Å². The molecule has 0 radical (unpaired) electrons. The van der Waals surface area contributed by atoms with Gasteiger partial charge in [-0.3, -0.25) is 14.4 Å². The van der Waals surface area contributed by atoms with Crippen molar-refractivity contribution in [1.29, 1.82) is 0 Å². The molecule has 1 fully saturated rings. The van der Waals surface area contributed by atoms with Crippen LogP contribution < -0.4 is 0 Å². The molecule has 12 heteroatoms. The molecule has 1 aliphatic rings. The second kappa shape index (κ2) is 54.5. The number of rotatable bonds is 53. The highest BCUT2D eigenvalue weighted by Crippen LogP contribution is 2.26. The Bertz CT molecular complexity index is 1700. The molecule has 6 atom stereocenters. The maximum atomic E-state index is 13.1. The van der Waals surface area contributed by atoms with E-state index in [2.05, 4.69) is 106 Å². The first-order valence-corrected chi connectivity index (χ1v) is 31.6. The molecule has 0 spiro atoms. The van der Waals surface area contributed by atoms with Gasteiger partial charge >= 0.3 is 23.9 Å². The third-order valence-corrected chi connectivity index (χ3v) is 14.0. The topological polar surface area (TPSA) is 175 Å². The van der Waals surface area contributed by atoms with Crippen molar-refractivity contribution >= 4 is 23.9 Å². The number of allylic oxidation sites excluding steroid dienone is 14. The quantitative estimate of drug-likeness (QED) is 0.0228. The third-order valence-electron chi connectivity index (χ3n) is 14.0. The zero-order valence-corrected chi connectivity index (χ0v) is 49.8. The second-order valence-electron chi connectivity index (χ2n) is 21.3. The summed E-state index contributed by atoms with van der Waals surface area (Å²) in [5, 5.41) is 31.5. The molecule has 0 aromatic carbocycles. The standard InChI is InChI=1S/C67H112O12/c1-4-7-10-13-16-19-22-24-26-28-30-32-34-36-39-41-44-47-50-53-59(68)75-56-58(77-60(69)54-51-48-45-42-38-21-18-15-12-9-6-3)57-76-67-65(63(72)62(71)64(79-67)66(73)74)78-61(70)55-52-49-46-43-40-37-35-33-31-29-27-25-23-20-17-14-11-8-5-2/h8,11,16-17,19-20,24-27,31,33,37,40,58,62-65,67,71-72H,4-7,9-10,12-15,18,21-23,28-30,32,34-36,38-39,41-57H2,1-3H3,(H,73,74)/b11-8-,19-16-,20-17-,26-24-,27-25-,33-31-,40-37-. The Balaban J connectivity index is 2.65. The Morgan fingerprint density at radius 3 is 1.25 bits per heavy atom. The maximum absolute atomic E-state index is 13.1. The fourth-order valence-corrected chi connectivity index (χ4v) is 9.13. The molecule has 0 bridgehead atoms. The average Bonchev–Trinajstić information content (AvgIpc) is 3.43. The molecule has 6 unspecified atom stereocenters. The fraction of sp³-hybridized carbons (Fsp3) is 0.731. The van der Waals surface area contributed by atoms with Crippen LogP contribution in [0.4, 0.5) is 0 Å². The molecule has 1 aliphatic heterocycles. The van der Waals surface area contributed by atoms with Crippen molar-refractivity contribution in [3.05, 3.63) is 85.1 Å². The van der Waals surface area contributed by atoms with Crippen molar-refractivity contribution in [2.45, 2.75) is 302 Å². The van der Waals surface area contributed by atoms with Gasteiger partial charge in [-0.05, 0) is 96.3 Å². The van der Waals surface area contributed by atoms with Crippen LogP contribution in [-0.4, -0.2) is 89.2 Å². The molecule has 0 aromatic rings. The molecule has 1 saturated heterocycles. The normalized spacial score (nSPS) is 18.4. The average molecular weight is 1110 g/mol. The number of esters is 3. The Morgan fingerprint density at radius 1 is 0.430 bits per heavy atom. The number of ether oxygens (including phenoxy) is 5. The number of aliphatic hydroxyl groups excluding tert-OH is 2. The van der Waals surface area contributed by atoms with Gasteiger partial charge in [0.1, 0.15) is 18.8 Å². The van der Waals surface area contributed by atoms with Crippen LogP contribution in [0.15, 0.2) is 85.1 Å². The second-order valence-corrected chi connectivity index (χ2v) is 21.3. The lowest BCUT2D eigenvalue weighted by atomic mass is 9.98. The number of carbonyl (C=O) groups excluding carboxylic acids is 3. The minimum atomic E-state index is -1.92. The third kappa shape index (κ3) is 44.3. The lowest BCUT2D eigenvalue weighted by molar-refractivity contribution is -0.301. The van der Waals surface area contributed by atoms with E-state index in [1.807, 2.05) is 0 Å². The van der Waals surface area contributed by atoms with Crippen LogP contribution in [-0.2, 0) is 42.9 Å². The van der Waals surface area contributed by atoms with E-state index in [9.17, 15) is 34.5 Å². The molecule has 79 heavy (non-hydrogen) atoms. The summed E-state index contributed by atoms with van der Waals surface area (Å²) < 4.78 is 28.4. The molecule has 0 amide bonds. The van der Waals surface area contributed by atoms with Gasteiger partial charge in [0.05, 0.1) is 6.61 Å². The van der Waals surface area contributed by atoms with E-state index >= 15 is 0 Å². The number of carboxylic acid groups (broad SMARTS) is 1. The molecule has 452 valence electrons. The summed E-state index contributed by atoms with van der Waals surface area (Å²) in [5.41, 5.74) is 0. The molecule has 3 N–H and O–H groups in total. The highest BCUT2D eigenvalue weighted by molar-refractivity contribution is 5.74. The van der Waals surface area contributed by atoms with Crippen LogP contribution in [0.1, 0.15) is 265 Å². The van der Waals surface area contributed by atoms with Gasteiger partial charge in [-0.1, -0.05) is 234 Å². The van der Waals surface area contributed by atoms with Crippen LogP contribution in [0.2, 0.25) is 0 Å². The monoisotopic (exact) mass is 1110 g/mol. The smallest absolute Gasteiger partial charge is 0.335 e. The minimum Gasteiger partial charge on any atom is -0.479 e. The summed E-state index contributed by atoms with van der Waals surface area (Å²) in [6.07, 6.45) is 58.3. The number of unbranched alkanes of at least 4 members (excludes halogenated alkanes) is 25. The van der Waals surface area contributed by atoms with Crippen molar-refractivity contribution in [2.24, 2.45) is 0 Å². The largest absolute Gasteiger partial charge is 0.479 e. The summed E-state index contributed by atoms with van der Waals surface area (Å²) in [5.74, 6) is -3.16. The van der Waals surface area contributed by atoms with Crippen LogP contribution in [0, 0.1) is 0 Å². The first-order valence-electron chi connectivity index (χ1n) is 31.6. The molecular formula is C67H112O12. The maximum Gasteiger partial charge on any atom is 0.335 e.